The van der Waals surface area contributed by atoms with Crippen molar-refractivity contribution in [3.05, 3.63) is 107 Å². The molecular formula is C29H31N3O2. The number of carbonyl (C=O) groups is 1. The first kappa shape index (κ1) is 23.3. The third kappa shape index (κ3) is 5.04. The molecule has 0 radical (unpaired) electrons. The van der Waals surface area contributed by atoms with Crippen LogP contribution in [0.5, 0.6) is 5.75 Å². The number of hydrogen-bond acceptors (Lipinski definition) is 3. The van der Waals surface area contributed by atoms with E-state index in [2.05, 4.69) is 28.6 Å². The Hall–Kier alpha value is -3.86. The van der Waals surface area contributed by atoms with Gasteiger partial charge >= 0.3 is 0 Å². The van der Waals surface area contributed by atoms with Crippen LogP contribution in [0.25, 0.3) is 11.0 Å². The molecule has 1 unspecified atom stereocenters. The number of aromatic nitrogens is 2. The van der Waals surface area contributed by atoms with Gasteiger partial charge in [-0.2, -0.15) is 0 Å². The first-order valence-electron chi connectivity index (χ1n) is 11.6. The molecule has 4 aromatic rings. The van der Waals surface area contributed by atoms with E-state index in [1.165, 1.54) is 0 Å². The zero-order chi connectivity index (χ0) is 24.1. The lowest BCUT2D eigenvalue weighted by Crippen LogP contribution is -2.29. The summed E-state index contributed by atoms with van der Waals surface area (Å²) in [6, 6.07) is 21.6. The molecule has 0 saturated carbocycles. The Morgan fingerprint density at radius 2 is 1.88 bits per heavy atom. The van der Waals surface area contributed by atoms with Gasteiger partial charge in [0.15, 0.2) is 0 Å². The quantitative estimate of drug-likeness (QED) is 0.319. The monoisotopic (exact) mass is 453 g/mol. The number of allylic oxidation sites excluding steroid dienone is 1. The topological polar surface area (TPSA) is 56.1 Å². The van der Waals surface area contributed by atoms with Gasteiger partial charge in [-0.3, -0.25) is 4.79 Å². The summed E-state index contributed by atoms with van der Waals surface area (Å²) in [6.07, 6.45) is 2.64. The molecule has 0 bridgehead atoms. The molecule has 1 N–H and O–H groups in total. The minimum Gasteiger partial charge on any atom is -0.491 e. The molecule has 0 aliphatic heterocycles. The fourth-order valence-corrected chi connectivity index (χ4v) is 4.28. The van der Waals surface area contributed by atoms with Crippen molar-refractivity contribution in [1.29, 1.82) is 0 Å². The summed E-state index contributed by atoms with van der Waals surface area (Å²) in [5.41, 5.74) is 5.82. The number of imidazole rings is 1. The number of hydrogen-bond donors (Lipinski definition) is 1. The Morgan fingerprint density at radius 1 is 1.12 bits per heavy atom. The van der Waals surface area contributed by atoms with Crippen molar-refractivity contribution in [2.75, 3.05) is 6.61 Å². The average Bonchev–Trinajstić information content (AvgIpc) is 3.19. The molecule has 1 aromatic heterocycles. The molecule has 5 heteroatoms. The molecule has 0 aliphatic carbocycles. The molecule has 5 nitrogen and oxygen atoms in total. The Kier molecular flexibility index (Phi) is 7.12. The van der Waals surface area contributed by atoms with Gasteiger partial charge in [0.1, 0.15) is 18.2 Å². The van der Waals surface area contributed by atoms with Crippen molar-refractivity contribution in [2.45, 2.75) is 39.8 Å². The van der Waals surface area contributed by atoms with Crippen molar-refractivity contribution in [3.63, 3.8) is 0 Å². The van der Waals surface area contributed by atoms with E-state index < -0.39 is 0 Å². The maximum absolute atomic E-state index is 13.0. The van der Waals surface area contributed by atoms with Gasteiger partial charge in [0.25, 0.3) is 5.91 Å². The predicted octanol–water partition coefficient (Wildman–Crippen LogP) is 5.95. The van der Waals surface area contributed by atoms with Gasteiger partial charge in [-0.25, -0.2) is 4.98 Å². The molecule has 0 spiro atoms. The van der Waals surface area contributed by atoms with Crippen LogP contribution >= 0.6 is 0 Å². The van der Waals surface area contributed by atoms with E-state index in [1.807, 2.05) is 81.4 Å². The molecule has 1 amide bonds. The van der Waals surface area contributed by atoms with Crippen molar-refractivity contribution in [1.82, 2.24) is 14.9 Å². The fraction of sp³-hybridized carbons (Fsp3) is 0.241. The molecule has 4 rings (SSSR count). The van der Waals surface area contributed by atoms with Gasteiger partial charge < -0.3 is 14.6 Å². The van der Waals surface area contributed by atoms with Gasteiger partial charge in [-0.1, -0.05) is 54.1 Å². The van der Waals surface area contributed by atoms with Crippen LogP contribution in [0.1, 0.15) is 45.8 Å². The highest BCUT2D eigenvalue weighted by Gasteiger charge is 2.20. The number of nitrogens with one attached hydrogen (secondary N) is 1. The number of aryl methyl sites for hydroxylation is 2. The maximum atomic E-state index is 13.0. The van der Waals surface area contributed by atoms with E-state index in [-0.39, 0.29) is 11.9 Å². The van der Waals surface area contributed by atoms with E-state index in [9.17, 15) is 4.79 Å². The number of amides is 1. The summed E-state index contributed by atoms with van der Waals surface area (Å²) < 4.78 is 8.28. The number of ether oxygens (including phenoxy) is 1. The first-order chi connectivity index (χ1) is 16.5. The number of benzene rings is 3. The first-order valence-corrected chi connectivity index (χ1v) is 11.6. The summed E-state index contributed by atoms with van der Waals surface area (Å²) in [4.78, 5) is 17.9. The second-order valence-electron chi connectivity index (χ2n) is 8.57. The van der Waals surface area contributed by atoms with Crippen LogP contribution in [0.2, 0.25) is 0 Å². The standard InChI is InChI=1S/C29H31N3O2/c1-5-10-23-11-6-9-14-27(23)34-18-17-32-26-13-8-7-12-25(26)31-28(32)22(4)30-29(33)24-16-15-20(2)19-21(24)3/h5-9,11-16,19,22H,1,10,17-18H2,2-4H3,(H,30,33). The molecule has 1 atom stereocenters. The molecule has 0 aliphatic rings. The summed E-state index contributed by atoms with van der Waals surface area (Å²) >= 11 is 0. The second-order valence-corrected chi connectivity index (χ2v) is 8.57. The predicted molar refractivity (Wildman–Crippen MR) is 137 cm³/mol. The SMILES string of the molecule is C=CCc1ccccc1OCCn1c(C(C)NC(=O)c2ccc(C)cc2C)nc2ccccc21. The minimum absolute atomic E-state index is 0.0989. The Balaban J connectivity index is 1.55. The third-order valence-electron chi connectivity index (χ3n) is 5.95. The molecular weight excluding hydrogens is 422 g/mol. The smallest absolute Gasteiger partial charge is 0.252 e. The summed E-state index contributed by atoms with van der Waals surface area (Å²) in [7, 11) is 0. The van der Waals surface area contributed by atoms with Gasteiger partial charge in [0.05, 0.1) is 23.6 Å². The van der Waals surface area contributed by atoms with Crippen LogP contribution in [0, 0.1) is 13.8 Å². The molecule has 0 fully saturated rings. The molecule has 174 valence electrons. The fourth-order valence-electron chi connectivity index (χ4n) is 4.28. The lowest BCUT2D eigenvalue weighted by atomic mass is 10.0. The molecule has 1 heterocycles. The highest BCUT2D eigenvalue weighted by atomic mass is 16.5. The van der Waals surface area contributed by atoms with Crippen LogP contribution in [0.3, 0.4) is 0 Å². The van der Waals surface area contributed by atoms with Gasteiger partial charge in [0.2, 0.25) is 0 Å². The zero-order valence-corrected chi connectivity index (χ0v) is 20.0. The van der Waals surface area contributed by atoms with Crippen molar-refractivity contribution < 1.29 is 9.53 Å². The van der Waals surface area contributed by atoms with Crippen LogP contribution in [0.15, 0.2) is 79.4 Å². The average molecular weight is 454 g/mol. The van der Waals surface area contributed by atoms with Gasteiger partial charge in [0, 0.05) is 5.56 Å². The van der Waals surface area contributed by atoms with Crippen molar-refractivity contribution in [2.24, 2.45) is 0 Å². The van der Waals surface area contributed by atoms with E-state index in [4.69, 9.17) is 9.72 Å². The number of fused-ring (bicyclic) bond motifs is 1. The molecule has 3 aromatic carbocycles. The van der Waals surface area contributed by atoms with Crippen molar-refractivity contribution in [3.8, 4) is 5.75 Å². The van der Waals surface area contributed by atoms with E-state index in [0.717, 1.165) is 45.7 Å². The van der Waals surface area contributed by atoms with E-state index >= 15 is 0 Å². The lowest BCUT2D eigenvalue weighted by Gasteiger charge is -2.18. The number of carbonyl (C=O) groups excluding carboxylic acids is 1. The molecule has 34 heavy (non-hydrogen) atoms. The zero-order valence-electron chi connectivity index (χ0n) is 20.0. The number of rotatable bonds is 9. The highest BCUT2D eigenvalue weighted by molar-refractivity contribution is 5.96. The maximum Gasteiger partial charge on any atom is 0.252 e. The molecule has 0 saturated heterocycles. The van der Waals surface area contributed by atoms with Crippen LogP contribution in [-0.4, -0.2) is 22.1 Å². The van der Waals surface area contributed by atoms with Crippen LogP contribution in [0.4, 0.5) is 0 Å². The second kappa shape index (κ2) is 10.4. The highest BCUT2D eigenvalue weighted by Crippen LogP contribution is 2.23. The largest absolute Gasteiger partial charge is 0.491 e. The van der Waals surface area contributed by atoms with Gasteiger partial charge in [-0.05, 0) is 62.6 Å². The Labute approximate surface area is 201 Å². The van der Waals surface area contributed by atoms with E-state index in [0.29, 0.717) is 18.7 Å². The van der Waals surface area contributed by atoms with Gasteiger partial charge in [-0.15, -0.1) is 6.58 Å². The lowest BCUT2D eigenvalue weighted by molar-refractivity contribution is 0.0937. The van der Waals surface area contributed by atoms with E-state index in [1.54, 1.807) is 0 Å². The van der Waals surface area contributed by atoms with Crippen molar-refractivity contribution >= 4 is 16.9 Å². The summed E-state index contributed by atoms with van der Waals surface area (Å²) in [5, 5.41) is 3.13. The minimum atomic E-state index is -0.270. The normalized spacial score (nSPS) is 11.9. The summed E-state index contributed by atoms with van der Waals surface area (Å²) in [5.74, 6) is 1.57. The Morgan fingerprint density at radius 3 is 2.68 bits per heavy atom. The number of para-hydroxylation sites is 3. The third-order valence-corrected chi connectivity index (χ3v) is 5.95. The number of nitrogens with zero attached hydrogens (tertiary/aromatic N) is 2. The van der Waals surface area contributed by atoms with Crippen LogP contribution in [-0.2, 0) is 13.0 Å². The Bertz CT molecular complexity index is 1320. The van der Waals surface area contributed by atoms with Crippen LogP contribution < -0.4 is 10.1 Å². The summed E-state index contributed by atoms with van der Waals surface area (Å²) in [6.45, 7) is 10.9.